The largest absolute Gasteiger partial charge is 0.368 e. The molecule has 0 aliphatic heterocycles. The highest BCUT2D eigenvalue weighted by Crippen LogP contribution is 2.22. The molecule has 0 spiro atoms. The Kier molecular flexibility index (Phi) is 4.57. The molecule has 7 heteroatoms. The molecule has 0 fully saturated rings. The molecular formula is C16H11Cl3N4. The SMILES string of the molecule is Nc1nc(-c2ccc(Cl)cc2)cn1N=Cc1ccc(Cl)cc1Cl. The van der Waals surface area contributed by atoms with Gasteiger partial charge in [0.2, 0.25) is 5.95 Å². The van der Waals surface area contributed by atoms with Crippen LogP contribution in [0, 0.1) is 0 Å². The van der Waals surface area contributed by atoms with E-state index in [4.69, 9.17) is 40.5 Å². The predicted molar refractivity (Wildman–Crippen MR) is 96.5 cm³/mol. The summed E-state index contributed by atoms with van der Waals surface area (Å²) in [5.74, 6) is 0.274. The Morgan fingerprint density at radius 2 is 1.70 bits per heavy atom. The van der Waals surface area contributed by atoms with Gasteiger partial charge in [0.1, 0.15) is 0 Å². The Bertz CT molecular complexity index is 870. The molecule has 23 heavy (non-hydrogen) atoms. The van der Waals surface area contributed by atoms with Crippen molar-refractivity contribution in [1.82, 2.24) is 9.66 Å². The summed E-state index contributed by atoms with van der Waals surface area (Å²) in [6, 6.07) is 12.5. The molecule has 2 N–H and O–H groups in total. The lowest BCUT2D eigenvalue weighted by Gasteiger charge is -1.99. The highest BCUT2D eigenvalue weighted by atomic mass is 35.5. The summed E-state index contributed by atoms with van der Waals surface area (Å²) in [6.07, 6.45) is 3.33. The van der Waals surface area contributed by atoms with Gasteiger partial charge in [0.25, 0.3) is 0 Å². The monoisotopic (exact) mass is 364 g/mol. The van der Waals surface area contributed by atoms with Gasteiger partial charge < -0.3 is 5.73 Å². The summed E-state index contributed by atoms with van der Waals surface area (Å²) in [6.45, 7) is 0. The van der Waals surface area contributed by atoms with E-state index < -0.39 is 0 Å². The van der Waals surface area contributed by atoms with Crippen LogP contribution in [0.1, 0.15) is 5.56 Å². The maximum atomic E-state index is 6.11. The molecular weight excluding hydrogens is 355 g/mol. The maximum absolute atomic E-state index is 6.11. The minimum atomic E-state index is 0.274. The molecule has 2 aromatic carbocycles. The van der Waals surface area contributed by atoms with Crippen molar-refractivity contribution in [3.63, 3.8) is 0 Å². The van der Waals surface area contributed by atoms with E-state index >= 15 is 0 Å². The van der Waals surface area contributed by atoms with Gasteiger partial charge in [-0.25, -0.2) is 9.66 Å². The molecule has 0 atom stereocenters. The van der Waals surface area contributed by atoms with E-state index in [0.717, 1.165) is 11.1 Å². The van der Waals surface area contributed by atoms with Crippen LogP contribution in [0.5, 0.6) is 0 Å². The van der Waals surface area contributed by atoms with Crippen LogP contribution in [0.25, 0.3) is 11.3 Å². The number of anilines is 1. The average molecular weight is 366 g/mol. The normalized spacial score (nSPS) is 11.3. The van der Waals surface area contributed by atoms with E-state index in [-0.39, 0.29) is 5.95 Å². The molecule has 0 aliphatic rings. The van der Waals surface area contributed by atoms with Gasteiger partial charge in [-0.1, -0.05) is 53.0 Å². The summed E-state index contributed by atoms with van der Waals surface area (Å²) in [7, 11) is 0. The molecule has 0 amide bonds. The van der Waals surface area contributed by atoms with Gasteiger partial charge in [0, 0.05) is 21.2 Å². The zero-order valence-corrected chi connectivity index (χ0v) is 14.0. The quantitative estimate of drug-likeness (QED) is 0.666. The number of benzene rings is 2. The Hall–Kier alpha value is -2.01. The lowest BCUT2D eigenvalue weighted by atomic mass is 10.2. The van der Waals surface area contributed by atoms with Gasteiger partial charge in [-0.3, -0.25) is 0 Å². The van der Waals surface area contributed by atoms with Gasteiger partial charge in [-0.15, -0.1) is 0 Å². The van der Waals surface area contributed by atoms with E-state index in [9.17, 15) is 0 Å². The van der Waals surface area contributed by atoms with E-state index in [0.29, 0.717) is 20.8 Å². The van der Waals surface area contributed by atoms with Crippen molar-refractivity contribution in [2.75, 3.05) is 5.73 Å². The van der Waals surface area contributed by atoms with Crippen molar-refractivity contribution in [2.45, 2.75) is 0 Å². The van der Waals surface area contributed by atoms with E-state index in [1.165, 1.54) is 4.68 Å². The smallest absolute Gasteiger partial charge is 0.221 e. The van der Waals surface area contributed by atoms with E-state index in [2.05, 4.69) is 10.1 Å². The van der Waals surface area contributed by atoms with Crippen LogP contribution in [0.3, 0.4) is 0 Å². The van der Waals surface area contributed by atoms with E-state index in [1.807, 2.05) is 12.1 Å². The second-order valence-corrected chi connectivity index (χ2v) is 6.03. The Balaban J connectivity index is 1.89. The lowest BCUT2D eigenvalue weighted by Crippen LogP contribution is -1.97. The molecule has 0 bridgehead atoms. The first-order chi connectivity index (χ1) is 11.0. The number of rotatable bonds is 3. The average Bonchev–Trinajstić information content (AvgIpc) is 2.88. The number of halogens is 3. The number of hydrogen-bond acceptors (Lipinski definition) is 3. The van der Waals surface area contributed by atoms with Crippen molar-refractivity contribution in [1.29, 1.82) is 0 Å². The Morgan fingerprint density at radius 1 is 1.00 bits per heavy atom. The first-order valence-electron chi connectivity index (χ1n) is 6.63. The van der Waals surface area contributed by atoms with Gasteiger partial charge >= 0.3 is 0 Å². The van der Waals surface area contributed by atoms with Crippen molar-refractivity contribution >= 4 is 47.0 Å². The number of imidazole rings is 1. The molecule has 0 unspecified atom stereocenters. The number of nitrogens with two attached hydrogens (primary N) is 1. The Labute approximate surface area is 148 Å². The molecule has 3 rings (SSSR count). The fraction of sp³-hybridized carbons (Fsp3) is 0. The molecule has 1 aromatic heterocycles. The third-order valence-electron chi connectivity index (χ3n) is 3.14. The highest BCUT2D eigenvalue weighted by Gasteiger charge is 2.06. The number of hydrogen-bond donors (Lipinski definition) is 1. The topological polar surface area (TPSA) is 56.2 Å². The van der Waals surface area contributed by atoms with Crippen LogP contribution >= 0.6 is 34.8 Å². The van der Waals surface area contributed by atoms with Gasteiger partial charge in [-0.05, 0) is 24.3 Å². The fourth-order valence-corrected chi connectivity index (χ4v) is 2.55. The van der Waals surface area contributed by atoms with Crippen LogP contribution in [0.15, 0.2) is 53.8 Å². The summed E-state index contributed by atoms with van der Waals surface area (Å²) in [5.41, 5.74) is 8.24. The third kappa shape index (κ3) is 3.67. The third-order valence-corrected chi connectivity index (χ3v) is 3.95. The number of aromatic nitrogens is 2. The molecule has 116 valence electrons. The number of nitrogen functional groups attached to an aromatic ring is 1. The summed E-state index contributed by atoms with van der Waals surface area (Å²) < 4.78 is 1.48. The lowest BCUT2D eigenvalue weighted by molar-refractivity contribution is 0.898. The van der Waals surface area contributed by atoms with Crippen molar-refractivity contribution < 1.29 is 0 Å². The summed E-state index contributed by atoms with van der Waals surface area (Å²) in [4.78, 5) is 4.29. The molecule has 1 heterocycles. The van der Waals surface area contributed by atoms with Crippen LogP contribution < -0.4 is 5.73 Å². The second kappa shape index (κ2) is 6.62. The molecule has 3 aromatic rings. The standard InChI is InChI=1S/C16H11Cl3N4/c17-12-4-1-10(2-5-12)15-9-23(16(20)22-15)21-8-11-3-6-13(18)7-14(11)19/h1-9H,(H2,20,22). The zero-order chi connectivity index (χ0) is 16.4. The molecule has 0 saturated heterocycles. The van der Waals surface area contributed by atoms with Gasteiger partial charge in [0.05, 0.1) is 23.1 Å². The number of nitrogens with zero attached hydrogens (tertiary/aromatic N) is 3. The molecule has 0 radical (unpaired) electrons. The molecule has 0 saturated carbocycles. The minimum Gasteiger partial charge on any atom is -0.368 e. The van der Waals surface area contributed by atoms with Gasteiger partial charge in [0.15, 0.2) is 0 Å². The highest BCUT2D eigenvalue weighted by molar-refractivity contribution is 6.36. The van der Waals surface area contributed by atoms with Crippen LogP contribution in [-0.2, 0) is 0 Å². The van der Waals surface area contributed by atoms with Crippen molar-refractivity contribution in [3.05, 3.63) is 69.3 Å². The molecule has 0 aliphatic carbocycles. The van der Waals surface area contributed by atoms with Crippen molar-refractivity contribution in [3.8, 4) is 11.3 Å². The predicted octanol–water partition coefficient (Wildman–Crippen LogP) is 4.97. The van der Waals surface area contributed by atoms with Gasteiger partial charge in [-0.2, -0.15) is 5.10 Å². The van der Waals surface area contributed by atoms with E-state index in [1.54, 1.807) is 42.7 Å². The zero-order valence-electron chi connectivity index (χ0n) is 11.7. The van der Waals surface area contributed by atoms with Crippen LogP contribution in [0.4, 0.5) is 5.95 Å². The van der Waals surface area contributed by atoms with Crippen molar-refractivity contribution in [2.24, 2.45) is 5.10 Å². The first-order valence-corrected chi connectivity index (χ1v) is 7.76. The summed E-state index contributed by atoms with van der Waals surface area (Å²) >= 11 is 17.9. The van der Waals surface area contributed by atoms with Crippen LogP contribution in [0.2, 0.25) is 15.1 Å². The minimum absolute atomic E-state index is 0.274. The molecule has 4 nitrogen and oxygen atoms in total. The van der Waals surface area contributed by atoms with Crippen LogP contribution in [-0.4, -0.2) is 15.9 Å². The Morgan fingerprint density at radius 3 is 2.39 bits per heavy atom. The maximum Gasteiger partial charge on any atom is 0.221 e. The summed E-state index contributed by atoms with van der Waals surface area (Å²) in [5, 5.41) is 6.03. The second-order valence-electron chi connectivity index (χ2n) is 4.75. The fourth-order valence-electron chi connectivity index (χ4n) is 1.97. The first kappa shape index (κ1) is 15.9.